The van der Waals surface area contributed by atoms with Gasteiger partial charge >= 0.3 is 0 Å². The molecule has 0 aliphatic heterocycles. The maximum absolute atomic E-state index is 2.42. The molecule has 20 aromatic carbocycles. The van der Waals surface area contributed by atoms with Crippen LogP contribution in [-0.2, 0) is 10.8 Å². The van der Waals surface area contributed by atoms with Crippen LogP contribution in [0, 0.1) is 0 Å². The van der Waals surface area contributed by atoms with Gasteiger partial charge in [-0.25, -0.2) is 0 Å². The van der Waals surface area contributed by atoms with Crippen LogP contribution in [0.1, 0.15) is 49.9 Å². The summed E-state index contributed by atoms with van der Waals surface area (Å²) in [5.41, 5.74) is 30.9. The highest BCUT2D eigenvalue weighted by Crippen LogP contribution is 2.54. The molecule has 0 atom stereocenters. The van der Waals surface area contributed by atoms with E-state index in [0.717, 1.165) is 0 Å². The molecular formula is C110H76. The van der Waals surface area contributed by atoms with Gasteiger partial charge < -0.3 is 0 Å². The molecule has 516 valence electrons. The summed E-state index contributed by atoms with van der Waals surface area (Å²) in [5, 5.41) is 20.4. The van der Waals surface area contributed by atoms with Crippen molar-refractivity contribution in [2.24, 2.45) is 0 Å². The first-order valence-corrected chi connectivity index (χ1v) is 38.7. The van der Waals surface area contributed by atoms with Gasteiger partial charge in [-0.15, -0.1) is 0 Å². The topological polar surface area (TPSA) is 0 Å². The van der Waals surface area contributed by atoms with Crippen molar-refractivity contribution in [3.63, 3.8) is 0 Å². The van der Waals surface area contributed by atoms with Crippen LogP contribution in [0.2, 0.25) is 0 Å². The predicted molar refractivity (Wildman–Crippen MR) is 472 cm³/mol. The molecule has 0 saturated carbocycles. The lowest BCUT2D eigenvalue weighted by atomic mass is 9.81. The Kier molecular flexibility index (Phi) is 15.1. The van der Waals surface area contributed by atoms with E-state index in [0.29, 0.717) is 0 Å². The van der Waals surface area contributed by atoms with E-state index in [-0.39, 0.29) is 10.8 Å². The summed E-state index contributed by atoms with van der Waals surface area (Å²) < 4.78 is 0. The summed E-state index contributed by atoms with van der Waals surface area (Å²) in [5.74, 6) is 0. The van der Waals surface area contributed by atoms with Gasteiger partial charge in [0.05, 0.1) is 0 Å². The zero-order valence-corrected chi connectivity index (χ0v) is 62.0. The van der Waals surface area contributed by atoms with Gasteiger partial charge in [-0.05, 0) is 268 Å². The van der Waals surface area contributed by atoms with E-state index in [1.807, 2.05) is 0 Å². The van der Waals surface area contributed by atoms with Crippen LogP contribution in [0.3, 0.4) is 0 Å². The van der Waals surface area contributed by atoms with E-state index in [1.54, 1.807) is 0 Å². The van der Waals surface area contributed by atoms with Crippen LogP contribution in [0.25, 0.3) is 197 Å². The molecule has 22 rings (SSSR count). The summed E-state index contributed by atoms with van der Waals surface area (Å²) >= 11 is 0. The zero-order valence-electron chi connectivity index (χ0n) is 62.0. The molecule has 0 aromatic heterocycles. The summed E-state index contributed by atoms with van der Waals surface area (Å²) in [6.45, 7) is 9.45. The molecule has 0 fully saturated rings. The van der Waals surface area contributed by atoms with Gasteiger partial charge in [0.25, 0.3) is 0 Å². The molecule has 0 heteroatoms. The Morgan fingerprint density at radius 2 is 0.373 bits per heavy atom. The van der Waals surface area contributed by atoms with Crippen LogP contribution in [-0.4, -0.2) is 0 Å². The highest BCUT2D eigenvalue weighted by molar-refractivity contribution is 6.24. The van der Waals surface area contributed by atoms with E-state index in [9.17, 15) is 0 Å². The quantitative estimate of drug-likeness (QED) is 0.133. The highest BCUT2D eigenvalue weighted by atomic mass is 14.4. The first kappa shape index (κ1) is 64.8. The fourth-order valence-electron chi connectivity index (χ4n) is 18.9. The molecule has 20 aromatic rings. The van der Waals surface area contributed by atoms with Crippen LogP contribution < -0.4 is 0 Å². The molecule has 0 amide bonds. The average Bonchev–Trinajstić information content (AvgIpc) is 1.47. The third-order valence-electron chi connectivity index (χ3n) is 24.5. The van der Waals surface area contributed by atoms with Crippen molar-refractivity contribution in [2.45, 2.75) is 38.5 Å². The van der Waals surface area contributed by atoms with Gasteiger partial charge in [-0.2, -0.15) is 0 Å². The average molecular weight is 1400 g/mol. The summed E-state index contributed by atoms with van der Waals surface area (Å²) in [7, 11) is 0. The second-order valence-corrected chi connectivity index (χ2v) is 31.3. The van der Waals surface area contributed by atoms with Gasteiger partial charge in [0.1, 0.15) is 0 Å². The Morgan fingerprint density at radius 3 is 0.736 bits per heavy atom. The van der Waals surface area contributed by atoms with Gasteiger partial charge in [0.2, 0.25) is 0 Å². The molecule has 0 unspecified atom stereocenters. The van der Waals surface area contributed by atoms with Crippen LogP contribution in [0.15, 0.2) is 388 Å². The summed E-state index contributed by atoms with van der Waals surface area (Å²) in [4.78, 5) is 0. The lowest BCUT2D eigenvalue weighted by molar-refractivity contribution is 0.661. The number of hydrogen-bond acceptors (Lipinski definition) is 0. The van der Waals surface area contributed by atoms with Crippen LogP contribution in [0.5, 0.6) is 0 Å². The van der Waals surface area contributed by atoms with E-state index in [4.69, 9.17) is 0 Å². The minimum Gasteiger partial charge on any atom is -0.0616 e. The fraction of sp³-hybridized carbons (Fsp3) is 0.0545. The highest BCUT2D eigenvalue weighted by Gasteiger charge is 2.38. The van der Waals surface area contributed by atoms with Crippen molar-refractivity contribution < 1.29 is 0 Å². The molecule has 0 nitrogen and oxygen atoms in total. The van der Waals surface area contributed by atoms with E-state index in [1.165, 1.54) is 220 Å². The van der Waals surface area contributed by atoms with Gasteiger partial charge in [0, 0.05) is 10.8 Å². The molecule has 0 radical (unpaired) electrons. The largest absolute Gasteiger partial charge is 0.0616 e. The molecule has 110 heavy (non-hydrogen) atoms. The Labute approximate surface area is 642 Å². The van der Waals surface area contributed by atoms with Gasteiger partial charge in [-0.1, -0.05) is 367 Å². The van der Waals surface area contributed by atoms with Crippen molar-refractivity contribution >= 4 is 86.2 Å². The Balaban J connectivity index is 0.000000140. The van der Waals surface area contributed by atoms with Crippen molar-refractivity contribution in [3.8, 4) is 111 Å². The number of benzene rings is 20. The molecule has 0 N–H and O–H groups in total. The first-order valence-electron chi connectivity index (χ1n) is 38.7. The fourth-order valence-corrected chi connectivity index (χ4v) is 18.9. The molecule has 0 spiro atoms. The van der Waals surface area contributed by atoms with Crippen molar-refractivity contribution in [1.82, 2.24) is 0 Å². The second kappa shape index (κ2) is 25.6. The minimum atomic E-state index is -0.0403. The molecule has 2 aliphatic rings. The van der Waals surface area contributed by atoms with Crippen molar-refractivity contribution in [2.75, 3.05) is 0 Å². The Hall–Kier alpha value is -13.5. The lowest BCUT2D eigenvalue weighted by Gasteiger charge is -2.22. The number of rotatable bonds is 8. The normalized spacial score (nSPS) is 13.1. The van der Waals surface area contributed by atoms with Crippen LogP contribution in [0.4, 0.5) is 0 Å². The van der Waals surface area contributed by atoms with E-state index < -0.39 is 0 Å². The molecule has 0 saturated heterocycles. The maximum atomic E-state index is 2.42. The van der Waals surface area contributed by atoms with Crippen LogP contribution >= 0.6 is 0 Å². The predicted octanol–water partition coefficient (Wildman–Crippen LogP) is 30.5. The molecule has 0 heterocycles. The third-order valence-corrected chi connectivity index (χ3v) is 24.5. The summed E-state index contributed by atoms with van der Waals surface area (Å²) in [6, 6.07) is 144. The standard InChI is InChI=1S/2C55H38/c1-55(2)51-30-29-44(33-49(51)50-32-41-13-5-6-14-42(41)34-52(50)55)37-21-26-39(27-22-37)54-47-17-9-7-15-45(47)53(46-16-8-10-18-48(46)54)38-24-19-36(20-25-38)43-28-23-35-11-3-4-12-40(35)31-43;1-55(2)51-30-29-41(33-49(51)50-32-39-15-5-6-16-40(39)34-52(50)55)36-23-26-37(27-24-36)53-45-19-9-11-21-47(45)54(48-22-12-10-20-46(48)53)44-18-8-7-17-43(44)42-28-25-35-13-3-4-14-38(35)31-42/h2*3-34H,1-2H3. The third kappa shape index (κ3) is 10.6. The zero-order chi connectivity index (χ0) is 73.3. The Bertz CT molecular complexity index is 7050. The molecule has 2 aliphatic carbocycles. The smallest absolute Gasteiger partial charge is 0.0159 e. The van der Waals surface area contributed by atoms with E-state index in [2.05, 4.69) is 416 Å². The first-order chi connectivity index (χ1) is 54.0. The number of fused-ring (bicyclic) bond motifs is 14. The maximum Gasteiger partial charge on any atom is 0.0159 e. The SMILES string of the molecule is CC1(C)c2ccc(-c3ccc(-c4c5ccccc5c(-c5ccc(-c6ccc7ccccc7c6)cc5)c5ccccc45)cc3)cc2-c2cc3ccccc3cc21.CC1(C)c2ccc(-c3ccc(-c4c5ccccc5c(-c5ccccc5-c5ccc6ccccc6c5)c5ccccc45)cc3)cc2-c2cc3ccccc3cc21. The summed E-state index contributed by atoms with van der Waals surface area (Å²) in [6.07, 6.45) is 0. The molecular weight excluding hydrogens is 1320 g/mol. The Morgan fingerprint density at radius 1 is 0.136 bits per heavy atom. The second-order valence-electron chi connectivity index (χ2n) is 31.3. The van der Waals surface area contributed by atoms with Gasteiger partial charge in [0.15, 0.2) is 0 Å². The van der Waals surface area contributed by atoms with Gasteiger partial charge in [-0.3, -0.25) is 0 Å². The lowest BCUT2D eigenvalue weighted by Crippen LogP contribution is -2.14. The number of hydrogen-bond donors (Lipinski definition) is 0. The van der Waals surface area contributed by atoms with Crippen molar-refractivity contribution in [3.05, 3.63) is 411 Å². The molecule has 0 bridgehead atoms. The monoisotopic (exact) mass is 1400 g/mol. The minimum absolute atomic E-state index is 0.0371. The van der Waals surface area contributed by atoms with E-state index >= 15 is 0 Å². The van der Waals surface area contributed by atoms with Crippen molar-refractivity contribution in [1.29, 1.82) is 0 Å².